The molecule has 0 spiro atoms. The fourth-order valence-electron chi connectivity index (χ4n) is 1.69. The van der Waals surface area contributed by atoms with Crippen molar-refractivity contribution < 1.29 is 8.42 Å². The van der Waals surface area contributed by atoms with E-state index in [2.05, 4.69) is 9.93 Å². The van der Waals surface area contributed by atoms with Crippen LogP contribution in [0, 0.1) is 13.8 Å². The lowest BCUT2D eigenvalue weighted by Crippen LogP contribution is -2.18. The summed E-state index contributed by atoms with van der Waals surface area (Å²) in [6.07, 6.45) is 1.44. The first kappa shape index (κ1) is 15.5. The predicted octanol–water partition coefficient (Wildman–Crippen LogP) is 3.27. The third-order valence-corrected chi connectivity index (χ3v) is 4.56. The van der Waals surface area contributed by atoms with Gasteiger partial charge in [-0.2, -0.15) is 13.5 Å². The molecular weight excluding hydrogens is 308 g/mol. The van der Waals surface area contributed by atoms with Crippen LogP contribution >= 0.6 is 11.6 Å². The molecule has 0 aliphatic carbocycles. The number of hydrazone groups is 1. The smallest absolute Gasteiger partial charge is 0.200 e. The summed E-state index contributed by atoms with van der Waals surface area (Å²) >= 11 is 5.92. The maximum atomic E-state index is 12.0. The number of nitrogens with one attached hydrogen (secondary N) is 1. The number of aryl methyl sites for hydroxylation is 2. The van der Waals surface area contributed by atoms with Crippen molar-refractivity contribution in [2.45, 2.75) is 18.7 Å². The maximum Gasteiger partial charge on any atom is 0.276 e. The highest BCUT2D eigenvalue weighted by Crippen LogP contribution is 2.15. The first-order valence-electron chi connectivity index (χ1n) is 6.26. The van der Waals surface area contributed by atoms with Crippen LogP contribution in [0.4, 0.5) is 0 Å². The zero-order chi connectivity index (χ0) is 15.5. The Morgan fingerprint density at radius 3 is 2.38 bits per heavy atom. The Hall–Kier alpha value is -1.85. The second kappa shape index (κ2) is 6.28. The summed E-state index contributed by atoms with van der Waals surface area (Å²) in [5.74, 6) is 0. The molecule has 0 amide bonds. The Balaban J connectivity index is 2.12. The fraction of sp³-hybridized carbons (Fsp3) is 0.133. The molecule has 0 aromatic heterocycles. The van der Waals surface area contributed by atoms with Gasteiger partial charge < -0.3 is 0 Å². The summed E-state index contributed by atoms with van der Waals surface area (Å²) in [5.41, 5.74) is 2.67. The monoisotopic (exact) mass is 322 g/mol. The number of sulfonamides is 1. The normalized spacial score (nSPS) is 11.8. The van der Waals surface area contributed by atoms with Gasteiger partial charge in [-0.15, -0.1) is 0 Å². The highest BCUT2D eigenvalue weighted by atomic mass is 35.5. The lowest BCUT2D eigenvalue weighted by atomic mass is 10.1. The Morgan fingerprint density at radius 2 is 1.76 bits per heavy atom. The van der Waals surface area contributed by atoms with Gasteiger partial charge in [0, 0.05) is 5.02 Å². The van der Waals surface area contributed by atoms with Crippen LogP contribution in [0.5, 0.6) is 0 Å². The summed E-state index contributed by atoms with van der Waals surface area (Å²) in [6.45, 7) is 3.76. The van der Waals surface area contributed by atoms with Crippen molar-refractivity contribution in [1.29, 1.82) is 0 Å². The quantitative estimate of drug-likeness (QED) is 0.693. The van der Waals surface area contributed by atoms with Gasteiger partial charge in [0.2, 0.25) is 0 Å². The van der Waals surface area contributed by atoms with Gasteiger partial charge in [-0.1, -0.05) is 35.4 Å². The van der Waals surface area contributed by atoms with E-state index in [1.54, 1.807) is 36.4 Å². The van der Waals surface area contributed by atoms with Crippen molar-refractivity contribution in [2.24, 2.45) is 5.10 Å². The summed E-state index contributed by atoms with van der Waals surface area (Å²) < 4.78 is 24.0. The third-order valence-electron chi connectivity index (χ3n) is 2.90. The van der Waals surface area contributed by atoms with Crippen LogP contribution in [0.2, 0.25) is 5.02 Å². The Labute approximate surface area is 129 Å². The second-order valence-corrected chi connectivity index (χ2v) is 6.74. The van der Waals surface area contributed by atoms with Crippen LogP contribution in [0.25, 0.3) is 0 Å². The lowest BCUT2D eigenvalue weighted by Gasteiger charge is -2.03. The number of nitrogens with zero attached hydrogens (tertiary/aromatic N) is 1. The third kappa shape index (κ3) is 4.06. The molecule has 0 heterocycles. The van der Waals surface area contributed by atoms with Gasteiger partial charge >= 0.3 is 0 Å². The Bertz CT molecular complexity index is 769. The summed E-state index contributed by atoms with van der Waals surface area (Å²) in [5, 5.41) is 4.44. The number of rotatable bonds is 4. The number of hydrogen-bond acceptors (Lipinski definition) is 3. The maximum absolute atomic E-state index is 12.0. The van der Waals surface area contributed by atoms with E-state index in [1.807, 2.05) is 19.9 Å². The van der Waals surface area contributed by atoms with E-state index in [4.69, 9.17) is 11.6 Å². The summed E-state index contributed by atoms with van der Waals surface area (Å²) in [7, 11) is -3.64. The van der Waals surface area contributed by atoms with Crippen LogP contribution in [0.15, 0.2) is 52.5 Å². The molecule has 0 saturated carbocycles. The number of halogens is 1. The molecule has 0 bridgehead atoms. The minimum Gasteiger partial charge on any atom is -0.200 e. The Kier molecular flexibility index (Phi) is 4.65. The van der Waals surface area contributed by atoms with Crippen LogP contribution in [-0.4, -0.2) is 14.6 Å². The van der Waals surface area contributed by atoms with Gasteiger partial charge in [0.25, 0.3) is 10.0 Å². The molecule has 1 N–H and O–H groups in total. The van der Waals surface area contributed by atoms with Crippen LogP contribution in [0.3, 0.4) is 0 Å². The van der Waals surface area contributed by atoms with Crippen molar-refractivity contribution in [2.75, 3.05) is 0 Å². The molecule has 0 aliphatic rings. The van der Waals surface area contributed by atoms with Gasteiger partial charge in [0.1, 0.15) is 0 Å². The lowest BCUT2D eigenvalue weighted by molar-refractivity contribution is 0.584. The molecule has 2 aromatic carbocycles. The van der Waals surface area contributed by atoms with Crippen LogP contribution in [-0.2, 0) is 10.0 Å². The SMILES string of the molecule is Cc1ccc(S(=O)(=O)NN=Cc2ccc(Cl)c(C)c2)cc1. The van der Waals surface area contributed by atoms with E-state index < -0.39 is 10.0 Å². The minimum atomic E-state index is -3.64. The van der Waals surface area contributed by atoms with E-state index in [0.717, 1.165) is 16.7 Å². The van der Waals surface area contributed by atoms with Crippen molar-refractivity contribution in [1.82, 2.24) is 4.83 Å². The molecule has 6 heteroatoms. The molecule has 0 fully saturated rings. The van der Waals surface area contributed by atoms with Gasteiger partial charge in [-0.25, -0.2) is 4.83 Å². The highest BCUT2D eigenvalue weighted by molar-refractivity contribution is 7.89. The molecule has 4 nitrogen and oxygen atoms in total. The van der Waals surface area contributed by atoms with Crippen molar-refractivity contribution >= 4 is 27.8 Å². The molecule has 21 heavy (non-hydrogen) atoms. The van der Waals surface area contributed by atoms with Gasteiger partial charge in [-0.3, -0.25) is 0 Å². The van der Waals surface area contributed by atoms with E-state index in [9.17, 15) is 8.42 Å². The van der Waals surface area contributed by atoms with Crippen molar-refractivity contribution in [3.63, 3.8) is 0 Å². The molecule has 0 unspecified atom stereocenters. The molecule has 2 aromatic rings. The fourth-order valence-corrected chi connectivity index (χ4v) is 2.60. The topological polar surface area (TPSA) is 58.5 Å². The average molecular weight is 323 g/mol. The average Bonchev–Trinajstić information content (AvgIpc) is 2.43. The summed E-state index contributed by atoms with van der Waals surface area (Å²) in [4.78, 5) is 2.36. The highest BCUT2D eigenvalue weighted by Gasteiger charge is 2.11. The number of hydrogen-bond donors (Lipinski definition) is 1. The van der Waals surface area contributed by atoms with Crippen LogP contribution < -0.4 is 4.83 Å². The molecule has 0 atom stereocenters. The first-order valence-corrected chi connectivity index (χ1v) is 8.12. The minimum absolute atomic E-state index is 0.178. The zero-order valence-electron chi connectivity index (χ0n) is 11.7. The van der Waals surface area contributed by atoms with E-state index in [0.29, 0.717) is 5.02 Å². The molecule has 110 valence electrons. The second-order valence-electron chi connectivity index (χ2n) is 4.67. The molecule has 2 rings (SSSR count). The first-order chi connectivity index (χ1) is 9.88. The molecule has 0 aliphatic heterocycles. The van der Waals surface area contributed by atoms with Gasteiger partial charge in [0.15, 0.2) is 0 Å². The van der Waals surface area contributed by atoms with Crippen molar-refractivity contribution in [3.8, 4) is 0 Å². The predicted molar refractivity (Wildman–Crippen MR) is 85.3 cm³/mol. The zero-order valence-corrected chi connectivity index (χ0v) is 13.2. The molecule has 0 saturated heterocycles. The van der Waals surface area contributed by atoms with E-state index in [1.165, 1.54) is 6.21 Å². The molecule has 0 radical (unpaired) electrons. The Morgan fingerprint density at radius 1 is 1.10 bits per heavy atom. The van der Waals surface area contributed by atoms with Crippen molar-refractivity contribution in [3.05, 3.63) is 64.2 Å². The van der Waals surface area contributed by atoms with Crippen LogP contribution in [0.1, 0.15) is 16.7 Å². The standard InChI is InChI=1S/C15H15ClN2O2S/c1-11-3-6-14(7-4-11)21(19,20)18-17-10-13-5-8-15(16)12(2)9-13/h3-10,18H,1-2H3. The largest absolute Gasteiger partial charge is 0.276 e. The van der Waals surface area contributed by atoms with Gasteiger partial charge in [0.05, 0.1) is 11.1 Å². The molecular formula is C15H15ClN2O2S. The van der Waals surface area contributed by atoms with Gasteiger partial charge in [-0.05, 0) is 49.2 Å². The van der Waals surface area contributed by atoms with E-state index >= 15 is 0 Å². The number of benzene rings is 2. The summed E-state index contributed by atoms with van der Waals surface area (Å²) in [6, 6.07) is 11.9. The van der Waals surface area contributed by atoms with E-state index in [-0.39, 0.29) is 4.90 Å².